The standard InChI is InChI=1S/C30H36N2O3/c1-5-24(4)31-30(34)27(19-25-12-8-6-9-13-25)32(20-26-14-10-7-11-15-26)29(33)21-35-28-18-22(2)16-17-23(28)3/h6-18,24,27H,5,19-21H2,1-4H3,(H,31,34)/t24-,27-/m0/s1. The Bertz CT molecular complexity index is 1100. The third kappa shape index (κ3) is 7.71. The summed E-state index contributed by atoms with van der Waals surface area (Å²) >= 11 is 0. The number of nitrogens with zero attached hydrogens (tertiary/aromatic N) is 1. The summed E-state index contributed by atoms with van der Waals surface area (Å²) in [4.78, 5) is 28.8. The molecule has 0 saturated carbocycles. The molecule has 5 heteroatoms. The molecule has 0 aliphatic heterocycles. The smallest absolute Gasteiger partial charge is 0.261 e. The average molecular weight is 473 g/mol. The van der Waals surface area contributed by atoms with Crippen molar-refractivity contribution in [2.75, 3.05) is 6.61 Å². The largest absolute Gasteiger partial charge is 0.483 e. The molecule has 5 nitrogen and oxygen atoms in total. The maximum Gasteiger partial charge on any atom is 0.261 e. The van der Waals surface area contributed by atoms with Crippen LogP contribution < -0.4 is 10.1 Å². The quantitative estimate of drug-likeness (QED) is 0.415. The summed E-state index contributed by atoms with van der Waals surface area (Å²) in [6.07, 6.45) is 1.23. The molecule has 3 rings (SSSR count). The number of rotatable bonds is 11. The van der Waals surface area contributed by atoms with Crippen LogP contribution in [0.15, 0.2) is 78.9 Å². The lowest BCUT2D eigenvalue weighted by Gasteiger charge is -2.32. The van der Waals surface area contributed by atoms with E-state index in [-0.39, 0.29) is 24.5 Å². The Morgan fingerprint density at radius 1 is 0.914 bits per heavy atom. The summed E-state index contributed by atoms with van der Waals surface area (Å²) in [7, 11) is 0. The van der Waals surface area contributed by atoms with Crippen molar-refractivity contribution < 1.29 is 14.3 Å². The Morgan fingerprint density at radius 3 is 2.17 bits per heavy atom. The van der Waals surface area contributed by atoms with Gasteiger partial charge in [-0.3, -0.25) is 9.59 Å². The first-order valence-electron chi connectivity index (χ1n) is 12.2. The highest BCUT2D eigenvalue weighted by molar-refractivity contribution is 5.88. The molecule has 2 atom stereocenters. The Labute approximate surface area is 209 Å². The van der Waals surface area contributed by atoms with E-state index in [2.05, 4.69) is 5.32 Å². The molecule has 0 aliphatic rings. The van der Waals surface area contributed by atoms with Crippen molar-refractivity contribution >= 4 is 11.8 Å². The van der Waals surface area contributed by atoms with Crippen LogP contribution in [-0.2, 0) is 22.6 Å². The van der Waals surface area contributed by atoms with Gasteiger partial charge in [0.25, 0.3) is 5.91 Å². The number of ether oxygens (including phenoxy) is 1. The van der Waals surface area contributed by atoms with Crippen LogP contribution in [0.5, 0.6) is 5.75 Å². The van der Waals surface area contributed by atoms with Crippen molar-refractivity contribution in [1.82, 2.24) is 10.2 Å². The van der Waals surface area contributed by atoms with Gasteiger partial charge in [0.2, 0.25) is 5.91 Å². The Kier molecular flexibility index (Phi) is 9.47. The summed E-state index contributed by atoms with van der Waals surface area (Å²) in [5.74, 6) is 0.302. The molecule has 0 radical (unpaired) electrons. The van der Waals surface area contributed by atoms with Crippen LogP contribution in [0.4, 0.5) is 0 Å². The number of amides is 2. The molecule has 0 aromatic heterocycles. The lowest BCUT2D eigenvalue weighted by molar-refractivity contribution is -0.143. The fourth-order valence-corrected chi connectivity index (χ4v) is 3.86. The van der Waals surface area contributed by atoms with E-state index in [4.69, 9.17) is 4.74 Å². The van der Waals surface area contributed by atoms with E-state index < -0.39 is 6.04 Å². The van der Waals surface area contributed by atoms with Crippen LogP contribution >= 0.6 is 0 Å². The zero-order chi connectivity index (χ0) is 25.2. The summed E-state index contributed by atoms with van der Waals surface area (Å²) in [6, 6.07) is 24.9. The van der Waals surface area contributed by atoms with Gasteiger partial charge in [0.1, 0.15) is 11.8 Å². The first-order valence-corrected chi connectivity index (χ1v) is 12.2. The predicted molar refractivity (Wildman–Crippen MR) is 140 cm³/mol. The van der Waals surface area contributed by atoms with Gasteiger partial charge in [0, 0.05) is 19.0 Å². The predicted octanol–water partition coefficient (Wildman–Crippen LogP) is 5.24. The van der Waals surface area contributed by atoms with Crippen molar-refractivity contribution in [2.45, 2.75) is 59.2 Å². The normalized spacial score (nSPS) is 12.5. The number of hydrogen-bond acceptors (Lipinski definition) is 3. The van der Waals surface area contributed by atoms with Gasteiger partial charge in [0.05, 0.1) is 0 Å². The van der Waals surface area contributed by atoms with Gasteiger partial charge in [0.15, 0.2) is 6.61 Å². The summed E-state index contributed by atoms with van der Waals surface area (Å²) in [5, 5.41) is 3.09. The SMILES string of the molecule is CC[C@H](C)NC(=O)[C@H](Cc1ccccc1)N(Cc1ccccc1)C(=O)COc1cc(C)ccc1C. The molecule has 35 heavy (non-hydrogen) atoms. The zero-order valence-corrected chi connectivity index (χ0v) is 21.2. The second-order valence-corrected chi connectivity index (χ2v) is 9.09. The average Bonchev–Trinajstić information content (AvgIpc) is 2.87. The lowest BCUT2D eigenvalue weighted by atomic mass is 10.0. The second kappa shape index (κ2) is 12.7. The van der Waals surface area contributed by atoms with Gasteiger partial charge in [-0.1, -0.05) is 79.7 Å². The third-order valence-corrected chi connectivity index (χ3v) is 6.16. The molecule has 3 aromatic rings. The van der Waals surface area contributed by atoms with Crippen molar-refractivity contribution in [2.24, 2.45) is 0 Å². The number of benzene rings is 3. The molecular formula is C30H36N2O3. The Balaban J connectivity index is 1.91. The molecule has 0 heterocycles. The highest BCUT2D eigenvalue weighted by atomic mass is 16.5. The second-order valence-electron chi connectivity index (χ2n) is 9.09. The van der Waals surface area contributed by atoms with E-state index in [1.807, 2.05) is 107 Å². The van der Waals surface area contributed by atoms with Gasteiger partial charge in [-0.25, -0.2) is 0 Å². The van der Waals surface area contributed by atoms with Gasteiger partial charge in [-0.05, 0) is 55.5 Å². The first-order chi connectivity index (χ1) is 16.9. The molecule has 0 unspecified atom stereocenters. The molecule has 2 amide bonds. The highest BCUT2D eigenvalue weighted by Crippen LogP contribution is 2.20. The number of carbonyl (C=O) groups excluding carboxylic acids is 2. The number of aryl methyl sites for hydroxylation is 2. The molecule has 0 aliphatic carbocycles. The molecule has 3 aromatic carbocycles. The van der Waals surface area contributed by atoms with Gasteiger partial charge >= 0.3 is 0 Å². The van der Waals surface area contributed by atoms with Crippen molar-refractivity contribution in [3.05, 3.63) is 101 Å². The van der Waals surface area contributed by atoms with Crippen molar-refractivity contribution in [1.29, 1.82) is 0 Å². The van der Waals surface area contributed by atoms with E-state index in [0.717, 1.165) is 28.7 Å². The maximum absolute atomic E-state index is 13.6. The van der Waals surface area contributed by atoms with Crippen molar-refractivity contribution in [3.63, 3.8) is 0 Å². The molecule has 1 N–H and O–H groups in total. The van der Waals surface area contributed by atoms with E-state index in [0.29, 0.717) is 18.7 Å². The first kappa shape index (κ1) is 26.0. The molecular weight excluding hydrogens is 436 g/mol. The van der Waals surface area contributed by atoms with Crippen molar-refractivity contribution in [3.8, 4) is 5.75 Å². The fraction of sp³-hybridized carbons (Fsp3) is 0.333. The minimum Gasteiger partial charge on any atom is -0.483 e. The summed E-state index contributed by atoms with van der Waals surface area (Å²) < 4.78 is 5.96. The fourth-order valence-electron chi connectivity index (χ4n) is 3.86. The Hall–Kier alpha value is -3.60. The molecule has 0 bridgehead atoms. The van der Waals surface area contributed by atoms with Gasteiger partial charge < -0.3 is 15.0 Å². The van der Waals surface area contributed by atoms with Crippen LogP contribution in [0.25, 0.3) is 0 Å². The van der Waals surface area contributed by atoms with Crippen LogP contribution in [0.2, 0.25) is 0 Å². The minimum atomic E-state index is -0.665. The van der Waals surface area contributed by atoms with E-state index in [1.54, 1.807) is 4.90 Å². The number of carbonyl (C=O) groups is 2. The van der Waals surface area contributed by atoms with Crippen LogP contribution in [0, 0.1) is 13.8 Å². The van der Waals surface area contributed by atoms with E-state index in [9.17, 15) is 9.59 Å². The number of nitrogens with one attached hydrogen (secondary N) is 1. The molecule has 0 saturated heterocycles. The van der Waals surface area contributed by atoms with Crippen LogP contribution in [-0.4, -0.2) is 35.4 Å². The van der Waals surface area contributed by atoms with Gasteiger partial charge in [-0.15, -0.1) is 0 Å². The summed E-state index contributed by atoms with van der Waals surface area (Å²) in [6.45, 7) is 8.14. The molecule has 0 spiro atoms. The monoisotopic (exact) mass is 472 g/mol. The Morgan fingerprint density at radius 2 is 1.54 bits per heavy atom. The third-order valence-electron chi connectivity index (χ3n) is 6.16. The number of hydrogen-bond donors (Lipinski definition) is 1. The van der Waals surface area contributed by atoms with E-state index >= 15 is 0 Å². The lowest BCUT2D eigenvalue weighted by Crippen LogP contribution is -2.53. The topological polar surface area (TPSA) is 58.6 Å². The zero-order valence-electron chi connectivity index (χ0n) is 21.2. The summed E-state index contributed by atoms with van der Waals surface area (Å²) in [5.41, 5.74) is 3.99. The maximum atomic E-state index is 13.6. The van der Waals surface area contributed by atoms with Crippen LogP contribution in [0.1, 0.15) is 42.5 Å². The van der Waals surface area contributed by atoms with E-state index in [1.165, 1.54) is 0 Å². The van der Waals surface area contributed by atoms with Gasteiger partial charge in [-0.2, -0.15) is 0 Å². The molecule has 184 valence electrons. The highest BCUT2D eigenvalue weighted by Gasteiger charge is 2.31. The minimum absolute atomic E-state index is 0.0145. The molecule has 0 fully saturated rings. The van der Waals surface area contributed by atoms with Crippen LogP contribution in [0.3, 0.4) is 0 Å².